The number of hydrogen-bond acceptors (Lipinski definition) is 5. The second-order valence-corrected chi connectivity index (χ2v) is 7.42. The van der Waals surface area contributed by atoms with Crippen molar-refractivity contribution in [2.45, 2.75) is 18.9 Å². The number of nitrogens with one attached hydrogen (secondary N) is 1. The van der Waals surface area contributed by atoms with Crippen LogP contribution in [-0.2, 0) is 0 Å². The van der Waals surface area contributed by atoms with Crippen molar-refractivity contribution in [2.24, 2.45) is 0 Å². The fourth-order valence-corrected chi connectivity index (χ4v) is 3.71. The molecule has 1 saturated heterocycles. The SMILES string of the molecule is COc1cc(OCC(O)CN2CCCC2)cc(-c2ccc(-c3ccn[nH]3)cc2)c1. The van der Waals surface area contributed by atoms with Crippen LogP contribution in [0.25, 0.3) is 22.4 Å². The molecule has 1 aliphatic heterocycles. The fourth-order valence-electron chi connectivity index (χ4n) is 3.71. The van der Waals surface area contributed by atoms with Crippen molar-refractivity contribution in [3.63, 3.8) is 0 Å². The van der Waals surface area contributed by atoms with Gasteiger partial charge >= 0.3 is 0 Å². The Morgan fingerprint density at radius 1 is 1.00 bits per heavy atom. The van der Waals surface area contributed by atoms with E-state index in [1.54, 1.807) is 13.3 Å². The second kappa shape index (κ2) is 9.11. The number of rotatable bonds is 8. The first-order chi connectivity index (χ1) is 14.2. The van der Waals surface area contributed by atoms with Crippen LogP contribution in [-0.4, -0.2) is 59.7 Å². The van der Waals surface area contributed by atoms with E-state index < -0.39 is 6.10 Å². The molecule has 0 bridgehead atoms. The average Bonchev–Trinajstić information content (AvgIpc) is 3.46. The minimum Gasteiger partial charge on any atom is -0.497 e. The zero-order valence-corrected chi connectivity index (χ0v) is 16.7. The molecule has 6 heteroatoms. The highest BCUT2D eigenvalue weighted by atomic mass is 16.5. The predicted octanol–water partition coefficient (Wildman–Crippen LogP) is 3.59. The summed E-state index contributed by atoms with van der Waals surface area (Å²) >= 11 is 0. The molecule has 4 rings (SSSR count). The lowest BCUT2D eigenvalue weighted by Gasteiger charge is -2.20. The molecule has 0 aliphatic carbocycles. The first-order valence-electron chi connectivity index (χ1n) is 10.0. The number of aliphatic hydroxyl groups is 1. The van der Waals surface area contributed by atoms with Crippen LogP contribution in [0, 0.1) is 0 Å². The molecule has 1 aliphatic rings. The molecule has 1 unspecified atom stereocenters. The summed E-state index contributed by atoms with van der Waals surface area (Å²) < 4.78 is 11.3. The van der Waals surface area contributed by atoms with Crippen molar-refractivity contribution in [3.8, 4) is 33.9 Å². The highest BCUT2D eigenvalue weighted by molar-refractivity contribution is 5.71. The first kappa shape index (κ1) is 19.5. The van der Waals surface area contributed by atoms with E-state index in [4.69, 9.17) is 9.47 Å². The molecule has 3 aromatic rings. The monoisotopic (exact) mass is 393 g/mol. The van der Waals surface area contributed by atoms with Crippen molar-refractivity contribution in [2.75, 3.05) is 33.4 Å². The summed E-state index contributed by atoms with van der Waals surface area (Å²) in [7, 11) is 1.65. The summed E-state index contributed by atoms with van der Waals surface area (Å²) in [6, 6.07) is 16.0. The van der Waals surface area contributed by atoms with Gasteiger partial charge in [-0.1, -0.05) is 24.3 Å². The Bertz CT molecular complexity index is 904. The van der Waals surface area contributed by atoms with Gasteiger partial charge in [0.05, 0.1) is 12.8 Å². The van der Waals surface area contributed by atoms with Gasteiger partial charge in [0.25, 0.3) is 0 Å². The second-order valence-electron chi connectivity index (χ2n) is 7.42. The third kappa shape index (κ3) is 4.96. The molecule has 2 aromatic carbocycles. The molecule has 0 radical (unpaired) electrons. The molecule has 0 amide bonds. The van der Waals surface area contributed by atoms with Gasteiger partial charge in [-0.15, -0.1) is 0 Å². The Morgan fingerprint density at radius 2 is 1.72 bits per heavy atom. The predicted molar refractivity (Wildman–Crippen MR) is 113 cm³/mol. The van der Waals surface area contributed by atoms with Gasteiger partial charge in [-0.2, -0.15) is 5.10 Å². The van der Waals surface area contributed by atoms with Crippen LogP contribution in [0.1, 0.15) is 12.8 Å². The lowest BCUT2D eigenvalue weighted by atomic mass is 10.0. The van der Waals surface area contributed by atoms with Crippen LogP contribution in [0.3, 0.4) is 0 Å². The van der Waals surface area contributed by atoms with Gasteiger partial charge < -0.3 is 19.5 Å². The highest BCUT2D eigenvalue weighted by Gasteiger charge is 2.16. The van der Waals surface area contributed by atoms with E-state index >= 15 is 0 Å². The third-order valence-electron chi connectivity index (χ3n) is 5.26. The third-order valence-corrected chi connectivity index (χ3v) is 5.26. The normalized spacial score (nSPS) is 15.4. The Kier molecular flexibility index (Phi) is 6.12. The number of H-pyrrole nitrogens is 1. The largest absolute Gasteiger partial charge is 0.497 e. The number of ether oxygens (including phenoxy) is 2. The molecule has 1 atom stereocenters. The van der Waals surface area contributed by atoms with Crippen molar-refractivity contribution in [1.29, 1.82) is 0 Å². The van der Waals surface area contributed by atoms with Gasteiger partial charge in [0.1, 0.15) is 24.2 Å². The molecule has 152 valence electrons. The van der Waals surface area contributed by atoms with Crippen molar-refractivity contribution >= 4 is 0 Å². The number of hydrogen-bond donors (Lipinski definition) is 2. The maximum Gasteiger partial charge on any atom is 0.123 e. The summed E-state index contributed by atoms with van der Waals surface area (Å²) in [6.07, 6.45) is 3.67. The van der Waals surface area contributed by atoms with E-state index in [1.807, 2.05) is 24.3 Å². The summed E-state index contributed by atoms with van der Waals surface area (Å²) in [5, 5.41) is 17.3. The van der Waals surface area contributed by atoms with Crippen LogP contribution in [0.5, 0.6) is 11.5 Å². The maximum absolute atomic E-state index is 10.3. The maximum atomic E-state index is 10.3. The number of aromatic nitrogens is 2. The standard InChI is InChI=1S/C23H27N3O3/c1-28-21-12-19(17-4-6-18(7-5-17)23-8-9-24-25-23)13-22(14-21)29-16-20(27)15-26-10-2-3-11-26/h4-9,12-14,20,27H,2-3,10-11,15-16H2,1H3,(H,24,25). The van der Waals surface area contributed by atoms with E-state index in [0.717, 1.165) is 41.2 Å². The number of aliphatic hydroxyl groups excluding tert-OH is 1. The van der Waals surface area contributed by atoms with E-state index in [-0.39, 0.29) is 6.61 Å². The van der Waals surface area contributed by atoms with Crippen molar-refractivity contribution in [3.05, 3.63) is 54.7 Å². The van der Waals surface area contributed by atoms with Crippen LogP contribution in [0.4, 0.5) is 0 Å². The summed E-state index contributed by atoms with van der Waals surface area (Å²) in [5.41, 5.74) is 4.13. The molecule has 6 nitrogen and oxygen atoms in total. The van der Waals surface area contributed by atoms with Crippen LogP contribution in [0.2, 0.25) is 0 Å². The van der Waals surface area contributed by atoms with Crippen LogP contribution < -0.4 is 9.47 Å². The molecule has 0 spiro atoms. The quantitative estimate of drug-likeness (QED) is 0.612. The summed E-state index contributed by atoms with van der Waals surface area (Å²) in [4.78, 5) is 2.28. The molecule has 2 heterocycles. The smallest absolute Gasteiger partial charge is 0.123 e. The van der Waals surface area contributed by atoms with Crippen LogP contribution in [0.15, 0.2) is 54.7 Å². The Morgan fingerprint density at radius 3 is 2.41 bits per heavy atom. The van der Waals surface area contributed by atoms with Crippen LogP contribution >= 0.6 is 0 Å². The molecule has 2 N–H and O–H groups in total. The fraction of sp³-hybridized carbons (Fsp3) is 0.348. The van der Waals surface area contributed by atoms with E-state index in [1.165, 1.54) is 12.8 Å². The lowest BCUT2D eigenvalue weighted by molar-refractivity contribution is 0.0757. The molecule has 0 saturated carbocycles. The number of β-amino-alcohol motifs (C(OH)–C–C–N with tert-alkyl or cyclic N) is 1. The first-order valence-corrected chi connectivity index (χ1v) is 10.0. The van der Waals surface area contributed by atoms with Gasteiger partial charge in [0, 0.05) is 18.8 Å². The summed E-state index contributed by atoms with van der Waals surface area (Å²) in [6.45, 7) is 3.05. The highest BCUT2D eigenvalue weighted by Crippen LogP contribution is 2.31. The Balaban J connectivity index is 1.46. The lowest BCUT2D eigenvalue weighted by Crippen LogP contribution is -2.33. The van der Waals surface area contributed by atoms with Gasteiger partial charge in [-0.3, -0.25) is 5.10 Å². The zero-order valence-electron chi connectivity index (χ0n) is 16.7. The number of methoxy groups -OCH3 is 1. The minimum absolute atomic E-state index is 0.266. The van der Waals surface area contributed by atoms with Gasteiger partial charge in [0.15, 0.2) is 0 Å². The van der Waals surface area contributed by atoms with Gasteiger partial charge in [-0.05, 0) is 60.8 Å². The van der Waals surface area contributed by atoms with Gasteiger partial charge in [-0.25, -0.2) is 0 Å². The molecule has 1 aromatic heterocycles. The van der Waals surface area contributed by atoms with E-state index in [2.05, 4.69) is 39.4 Å². The van der Waals surface area contributed by atoms with Crippen molar-refractivity contribution in [1.82, 2.24) is 15.1 Å². The van der Waals surface area contributed by atoms with Gasteiger partial charge in [0.2, 0.25) is 0 Å². The summed E-state index contributed by atoms with van der Waals surface area (Å²) in [5.74, 6) is 1.42. The number of benzene rings is 2. The number of aromatic amines is 1. The molecule has 29 heavy (non-hydrogen) atoms. The topological polar surface area (TPSA) is 70.6 Å². The van der Waals surface area contributed by atoms with E-state index in [9.17, 15) is 5.11 Å². The molecular formula is C23H27N3O3. The Hall–Kier alpha value is -2.83. The minimum atomic E-state index is -0.503. The molecular weight excluding hydrogens is 366 g/mol. The van der Waals surface area contributed by atoms with Crippen molar-refractivity contribution < 1.29 is 14.6 Å². The number of nitrogens with zero attached hydrogens (tertiary/aromatic N) is 2. The zero-order chi connectivity index (χ0) is 20.1. The Labute approximate surface area is 171 Å². The molecule has 1 fully saturated rings. The average molecular weight is 393 g/mol. The number of likely N-dealkylation sites (tertiary alicyclic amines) is 1. The van der Waals surface area contributed by atoms with E-state index in [0.29, 0.717) is 12.3 Å².